The number of rotatable bonds is 6. The van der Waals surface area contributed by atoms with E-state index in [0.29, 0.717) is 30.2 Å². The monoisotopic (exact) mass is 358 g/mol. The summed E-state index contributed by atoms with van der Waals surface area (Å²) in [4.78, 5) is 22.0. The van der Waals surface area contributed by atoms with Crippen LogP contribution in [0.15, 0.2) is 18.0 Å². The second-order valence-electron chi connectivity index (χ2n) is 8.42. The van der Waals surface area contributed by atoms with Gasteiger partial charge < -0.3 is 15.0 Å². The van der Waals surface area contributed by atoms with E-state index in [1.165, 1.54) is 12.0 Å². The molecule has 3 aliphatic heterocycles. The molecule has 2 N–H and O–H groups in total. The quantitative estimate of drug-likeness (QED) is 0.766. The molecule has 0 unspecified atom stereocenters. The zero-order valence-corrected chi connectivity index (χ0v) is 16.0. The van der Waals surface area contributed by atoms with Gasteiger partial charge in [0.25, 0.3) is 5.91 Å². The second kappa shape index (κ2) is 6.82. The molecule has 0 aliphatic carbocycles. The van der Waals surface area contributed by atoms with Gasteiger partial charge in [-0.2, -0.15) is 0 Å². The zero-order valence-electron chi connectivity index (χ0n) is 16.0. The lowest BCUT2D eigenvalue weighted by atomic mass is 9.73. The maximum atomic E-state index is 12.4. The summed E-state index contributed by atoms with van der Waals surface area (Å²) in [7, 11) is 0. The van der Waals surface area contributed by atoms with Crippen molar-refractivity contribution in [2.24, 2.45) is 11.8 Å². The van der Waals surface area contributed by atoms with Crippen LogP contribution in [0.25, 0.3) is 0 Å². The molecule has 0 saturated carbocycles. The molecule has 1 aromatic rings. The molecule has 0 aromatic carbocycles. The number of fused-ring (bicyclic) bond motifs is 1. The van der Waals surface area contributed by atoms with Crippen molar-refractivity contribution >= 4 is 5.91 Å². The van der Waals surface area contributed by atoms with E-state index < -0.39 is 0 Å². The van der Waals surface area contributed by atoms with Crippen molar-refractivity contribution in [3.63, 3.8) is 0 Å². The van der Waals surface area contributed by atoms with Gasteiger partial charge in [-0.1, -0.05) is 11.6 Å². The van der Waals surface area contributed by atoms with Gasteiger partial charge in [0, 0.05) is 43.7 Å². The van der Waals surface area contributed by atoms with Crippen molar-refractivity contribution in [3.8, 4) is 0 Å². The number of hydrogen-bond donors (Lipinski definition) is 2. The van der Waals surface area contributed by atoms with Gasteiger partial charge in [-0.15, -0.1) is 0 Å². The second-order valence-corrected chi connectivity index (χ2v) is 8.42. The first-order chi connectivity index (χ1) is 12.5. The highest BCUT2D eigenvalue weighted by molar-refractivity contribution is 5.93. The summed E-state index contributed by atoms with van der Waals surface area (Å²) >= 11 is 0. The predicted molar refractivity (Wildman–Crippen MR) is 100.0 cm³/mol. The SMILES string of the molecule is CC(C)=CCCN1C[C@@H]2[C@H](CNC(=O)c3nc[nH]c3C)[C@H]3CC[C@]2(C1)O3. The number of carbonyl (C=O) groups is 1. The molecule has 3 saturated heterocycles. The molecule has 1 aromatic heterocycles. The molecular formula is C20H30N4O2. The molecule has 3 fully saturated rings. The van der Waals surface area contributed by atoms with E-state index in [2.05, 4.69) is 40.1 Å². The van der Waals surface area contributed by atoms with E-state index in [1.54, 1.807) is 6.33 Å². The van der Waals surface area contributed by atoms with Crippen LogP contribution >= 0.6 is 0 Å². The van der Waals surface area contributed by atoms with Crippen molar-refractivity contribution < 1.29 is 9.53 Å². The molecule has 26 heavy (non-hydrogen) atoms. The third-order valence-electron chi connectivity index (χ3n) is 6.40. The predicted octanol–water partition coefficient (Wildman–Crippen LogP) is 2.28. The number of hydrogen-bond acceptors (Lipinski definition) is 4. The number of aromatic nitrogens is 2. The summed E-state index contributed by atoms with van der Waals surface area (Å²) in [6, 6.07) is 0. The third kappa shape index (κ3) is 3.09. The Hall–Kier alpha value is -1.66. The first-order valence-corrected chi connectivity index (χ1v) is 9.80. The van der Waals surface area contributed by atoms with Gasteiger partial charge in [-0.3, -0.25) is 9.69 Å². The van der Waals surface area contributed by atoms with Crippen molar-refractivity contribution in [1.82, 2.24) is 20.2 Å². The number of aryl methyl sites for hydroxylation is 1. The smallest absolute Gasteiger partial charge is 0.271 e. The van der Waals surface area contributed by atoms with Crippen molar-refractivity contribution in [3.05, 3.63) is 29.4 Å². The van der Waals surface area contributed by atoms with Crippen LogP contribution in [0.1, 0.15) is 49.3 Å². The largest absolute Gasteiger partial charge is 0.370 e. The van der Waals surface area contributed by atoms with Crippen LogP contribution in [-0.2, 0) is 4.74 Å². The molecule has 4 atom stereocenters. The summed E-state index contributed by atoms with van der Waals surface area (Å²) < 4.78 is 6.47. The highest BCUT2D eigenvalue weighted by Crippen LogP contribution is 2.54. The molecule has 4 rings (SSSR count). The van der Waals surface area contributed by atoms with E-state index in [4.69, 9.17) is 4.74 Å². The van der Waals surface area contributed by atoms with Crippen LogP contribution in [0.2, 0.25) is 0 Å². The first kappa shape index (κ1) is 17.7. The summed E-state index contributed by atoms with van der Waals surface area (Å²) in [6.45, 7) is 10.1. The molecular weight excluding hydrogens is 328 g/mol. The third-order valence-corrected chi connectivity index (χ3v) is 6.40. The van der Waals surface area contributed by atoms with E-state index in [9.17, 15) is 4.79 Å². The first-order valence-electron chi connectivity index (χ1n) is 9.80. The Morgan fingerprint density at radius 1 is 1.54 bits per heavy atom. The average molecular weight is 358 g/mol. The minimum Gasteiger partial charge on any atom is -0.370 e. The molecule has 1 spiro atoms. The van der Waals surface area contributed by atoms with Gasteiger partial charge in [0.15, 0.2) is 0 Å². The molecule has 3 aliphatic rings. The van der Waals surface area contributed by atoms with Gasteiger partial charge in [0.2, 0.25) is 0 Å². The van der Waals surface area contributed by atoms with Gasteiger partial charge in [0.1, 0.15) is 5.69 Å². The number of nitrogens with zero attached hydrogens (tertiary/aromatic N) is 2. The normalized spacial score (nSPS) is 32.7. The summed E-state index contributed by atoms with van der Waals surface area (Å²) in [5.41, 5.74) is 2.73. The minimum absolute atomic E-state index is 0.0350. The zero-order chi connectivity index (χ0) is 18.3. The lowest BCUT2D eigenvalue weighted by molar-refractivity contribution is 0.00290. The Balaban J connectivity index is 1.37. The molecule has 6 heteroatoms. The van der Waals surface area contributed by atoms with Crippen molar-refractivity contribution in [2.45, 2.75) is 51.7 Å². The summed E-state index contributed by atoms with van der Waals surface area (Å²) in [5, 5.41) is 3.11. The molecule has 1 amide bonds. The number of aromatic amines is 1. The fourth-order valence-electron chi connectivity index (χ4n) is 5.15. The Morgan fingerprint density at radius 3 is 3.12 bits per heavy atom. The Bertz CT molecular complexity index is 708. The summed E-state index contributed by atoms with van der Waals surface area (Å²) in [6.07, 6.45) is 7.59. The lowest BCUT2D eigenvalue weighted by Gasteiger charge is -2.29. The van der Waals surface area contributed by atoms with Crippen LogP contribution in [0, 0.1) is 18.8 Å². The van der Waals surface area contributed by atoms with E-state index in [0.717, 1.165) is 38.2 Å². The minimum atomic E-state index is -0.0843. The van der Waals surface area contributed by atoms with E-state index in [-0.39, 0.29) is 11.5 Å². The van der Waals surface area contributed by atoms with Crippen molar-refractivity contribution in [2.75, 3.05) is 26.2 Å². The number of amides is 1. The Labute approximate surface area is 155 Å². The lowest BCUT2D eigenvalue weighted by Crippen LogP contribution is -2.42. The fourth-order valence-corrected chi connectivity index (χ4v) is 5.15. The fraction of sp³-hybridized carbons (Fsp3) is 0.700. The van der Waals surface area contributed by atoms with Crippen LogP contribution in [0.3, 0.4) is 0 Å². The molecule has 142 valence electrons. The van der Waals surface area contributed by atoms with Crippen LogP contribution in [0.4, 0.5) is 0 Å². The highest BCUT2D eigenvalue weighted by Gasteiger charge is 2.62. The van der Waals surface area contributed by atoms with Crippen molar-refractivity contribution in [1.29, 1.82) is 0 Å². The Morgan fingerprint density at radius 2 is 2.38 bits per heavy atom. The van der Waals surface area contributed by atoms with Gasteiger partial charge in [-0.25, -0.2) is 4.98 Å². The number of nitrogens with one attached hydrogen (secondary N) is 2. The number of imidazole rings is 1. The maximum absolute atomic E-state index is 12.4. The molecule has 6 nitrogen and oxygen atoms in total. The summed E-state index contributed by atoms with van der Waals surface area (Å²) in [5.74, 6) is 0.868. The topological polar surface area (TPSA) is 70.2 Å². The van der Waals surface area contributed by atoms with Gasteiger partial charge >= 0.3 is 0 Å². The number of carbonyl (C=O) groups excluding carboxylic acids is 1. The maximum Gasteiger partial charge on any atom is 0.271 e. The average Bonchev–Trinajstić information content (AvgIpc) is 3.32. The number of likely N-dealkylation sites (tertiary alicyclic amines) is 1. The number of ether oxygens (including phenoxy) is 1. The standard InChI is InChI=1S/C20H30N4O2/c1-13(2)5-4-8-24-10-16-15(17-6-7-20(16,11-24)26-17)9-21-19(25)18-14(3)22-12-23-18/h5,12,15-17H,4,6-11H2,1-3H3,(H,21,25)(H,22,23)/t15-,16+,17+,20+/m0/s1. The number of allylic oxidation sites excluding steroid dienone is 1. The van der Waals surface area contributed by atoms with Gasteiger partial charge in [0.05, 0.1) is 18.0 Å². The van der Waals surface area contributed by atoms with Gasteiger partial charge in [-0.05, 0) is 40.0 Å². The Kier molecular flexibility index (Phi) is 4.65. The van der Waals surface area contributed by atoms with E-state index in [1.807, 2.05) is 6.92 Å². The van der Waals surface area contributed by atoms with Crippen LogP contribution in [-0.4, -0.2) is 58.7 Å². The van der Waals surface area contributed by atoms with Crippen LogP contribution in [0.5, 0.6) is 0 Å². The number of H-pyrrole nitrogens is 1. The molecule has 4 heterocycles. The van der Waals surface area contributed by atoms with Crippen LogP contribution < -0.4 is 5.32 Å². The van der Waals surface area contributed by atoms with E-state index >= 15 is 0 Å². The molecule has 2 bridgehead atoms. The molecule has 0 radical (unpaired) electrons. The highest BCUT2D eigenvalue weighted by atomic mass is 16.5.